The van der Waals surface area contributed by atoms with Crippen LogP contribution in [0.2, 0.25) is 0 Å². The van der Waals surface area contributed by atoms with Crippen molar-refractivity contribution in [3.05, 3.63) is 36.0 Å². The number of benzene rings is 1. The Bertz CT molecular complexity index is 743. The Balaban J connectivity index is 2.24. The highest BCUT2D eigenvalue weighted by atomic mass is 16.5. The standard InChI is InChI=1S/C15H14N2O3/c1-9-7-10-14(16-8-9)20-15(17-10)13-11(18-2)5-4-6-12(13)19-3/h4-8H,1-3H3. The average Bonchev–Trinajstić information content (AvgIpc) is 2.88. The maximum atomic E-state index is 5.71. The maximum absolute atomic E-state index is 5.71. The Morgan fingerprint density at radius 3 is 2.45 bits per heavy atom. The molecule has 2 heterocycles. The van der Waals surface area contributed by atoms with Gasteiger partial charge in [0.05, 0.1) is 14.2 Å². The van der Waals surface area contributed by atoms with Gasteiger partial charge in [0.15, 0.2) is 0 Å². The SMILES string of the molecule is COc1cccc(OC)c1-c1nc2cc(C)cnc2o1. The van der Waals surface area contributed by atoms with Crippen molar-refractivity contribution in [2.75, 3.05) is 14.2 Å². The summed E-state index contributed by atoms with van der Waals surface area (Å²) in [5, 5.41) is 0. The lowest BCUT2D eigenvalue weighted by atomic mass is 10.1. The second-order valence-corrected chi connectivity index (χ2v) is 4.39. The summed E-state index contributed by atoms with van der Waals surface area (Å²) in [5.41, 5.74) is 2.93. The molecule has 0 aliphatic rings. The molecule has 0 amide bonds. The molecule has 3 rings (SSSR count). The summed E-state index contributed by atoms with van der Waals surface area (Å²) in [6, 6.07) is 7.46. The van der Waals surface area contributed by atoms with Crippen LogP contribution in [0.1, 0.15) is 5.56 Å². The van der Waals surface area contributed by atoms with Gasteiger partial charge >= 0.3 is 0 Å². The summed E-state index contributed by atoms with van der Waals surface area (Å²) in [6.07, 6.45) is 1.75. The van der Waals surface area contributed by atoms with Crippen LogP contribution < -0.4 is 9.47 Å². The lowest BCUT2D eigenvalue weighted by Crippen LogP contribution is -1.92. The number of aryl methyl sites for hydroxylation is 1. The number of hydrogen-bond acceptors (Lipinski definition) is 5. The van der Waals surface area contributed by atoms with Crippen LogP contribution in [0.5, 0.6) is 11.5 Å². The molecule has 0 N–H and O–H groups in total. The molecule has 0 fully saturated rings. The topological polar surface area (TPSA) is 57.4 Å². The Morgan fingerprint density at radius 2 is 1.80 bits per heavy atom. The highest BCUT2D eigenvalue weighted by Gasteiger charge is 2.18. The van der Waals surface area contributed by atoms with E-state index in [1.54, 1.807) is 20.4 Å². The summed E-state index contributed by atoms with van der Waals surface area (Å²) in [4.78, 5) is 8.70. The maximum Gasteiger partial charge on any atom is 0.247 e. The van der Waals surface area contributed by atoms with E-state index in [0.29, 0.717) is 34.2 Å². The minimum atomic E-state index is 0.437. The molecule has 20 heavy (non-hydrogen) atoms. The molecule has 0 spiro atoms. The van der Waals surface area contributed by atoms with Crippen LogP contribution in [0.25, 0.3) is 22.7 Å². The highest BCUT2D eigenvalue weighted by Crippen LogP contribution is 2.38. The van der Waals surface area contributed by atoms with E-state index in [9.17, 15) is 0 Å². The molecule has 2 aromatic heterocycles. The Labute approximate surface area is 116 Å². The quantitative estimate of drug-likeness (QED) is 0.731. The van der Waals surface area contributed by atoms with E-state index in [-0.39, 0.29) is 0 Å². The number of aromatic nitrogens is 2. The fourth-order valence-corrected chi connectivity index (χ4v) is 2.09. The van der Waals surface area contributed by atoms with Crippen molar-refractivity contribution in [2.24, 2.45) is 0 Å². The molecular weight excluding hydrogens is 256 g/mol. The third-order valence-electron chi connectivity index (χ3n) is 3.03. The second-order valence-electron chi connectivity index (χ2n) is 4.39. The Hall–Kier alpha value is -2.56. The fourth-order valence-electron chi connectivity index (χ4n) is 2.09. The van der Waals surface area contributed by atoms with Gasteiger partial charge in [-0.15, -0.1) is 0 Å². The molecular formula is C15H14N2O3. The normalized spacial score (nSPS) is 10.8. The lowest BCUT2D eigenvalue weighted by molar-refractivity contribution is 0.394. The van der Waals surface area contributed by atoms with Crippen LogP contribution >= 0.6 is 0 Å². The summed E-state index contributed by atoms with van der Waals surface area (Å²) < 4.78 is 16.4. The van der Waals surface area contributed by atoms with E-state index in [0.717, 1.165) is 5.56 Å². The lowest BCUT2D eigenvalue weighted by Gasteiger charge is -2.09. The summed E-state index contributed by atoms with van der Waals surface area (Å²) in [7, 11) is 3.20. The van der Waals surface area contributed by atoms with Gasteiger partial charge in [-0.25, -0.2) is 9.97 Å². The van der Waals surface area contributed by atoms with E-state index < -0.39 is 0 Å². The summed E-state index contributed by atoms with van der Waals surface area (Å²) in [6.45, 7) is 1.96. The van der Waals surface area contributed by atoms with Crippen molar-refractivity contribution in [2.45, 2.75) is 6.92 Å². The molecule has 5 heteroatoms. The molecule has 0 bridgehead atoms. The molecule has 3 aromatic rings. The molecule has 0 unspecified atom stereocenters. The van der Waals surface area contributed by atoms with Gasteiger partial charge in [0.2, 0.25) is 11.6 Å². The molecule has 0 aliphatic heterocycles. The summed E-state index contributed by atoms with van der Waals surface area (Å²) >= 11 is 0. The van der Waals surface area contributed by atoms with Gasteiger partial charge in [0.1, 0.15) is 22.6 Å². The van der Waals surface area contributed by atoms with Crippen LogP contribution in [0, 0.1) is 6.92 Å². The zero-order valence-corrected chi connectivity index (χ0v) is 11.5. The minimum Gasteiger partial charge on any atom is -0.496 e. The van der Waals surface area contributed by atoms with Gasteiger partial charge < -0.3 is 13.9 Å². The predicted octanol–water partition coefficient (Wildman–Crippen LogP) is 3.22. The van der Waals surface area contributed by atoms with Gasteiger partial charge in [0, 0.05) is 6.20 Å². The number of pyridine rings is 1. The molecule has 0 atom stereocenters. The molecule has 5 nitrogen and oxygen atoms in total. The number of nitrogens with zero attached hydrogens (tertiary/aromatic N) is 2. The predicted molar refractivity (Wildman–Crippen MR) is 75.1 cm³/mol. The number of hydrogen-bond donors (Lipinski definition) is 0. The van der Waals surface area contributed by atoms with Crippen LogP contribution in [0.3, 0.4) is 0 Å². The highest BCUT2D eigenvalue weighted by molar-refractivity contribution is 5.78. The second kappa shape index (κ2) is 4.85. The van der Waals surface area contributed by atoms with Gasteiger partial charge in [0.25, 0.3) is 0 Å². The average molecular weight is 270 g/mol. The molecule has 1 aromatic carbocycles. The van der Waals surface area contributed by atoms with Gasteiger partial charge in [-0.2, -0.15) is 0 Å². The largest absolute Gasteiger partial charge is 0.496 e. The van der Waals surface area contributed by atoms with Crippen molar-refractivity contribution in [3.63, 3.8) is 0 Å². The third-order valence-corrected chi connectivity index (χ3v) is 3.03. The molecule has 0 radical (unpaired) electrons. The van der Waals surface area contributed by atoms with Crippen LogP contribution in [0.15, 0.2) is 34.9 Å². The number of ether oxygens (including phenoxy) is 2. The molecule has 0 aliphatic carbocycles. The van der Waals surface area contributed by atoms with Crippen molar-refractivity contribution in [1.82, 2.24) is 9.97 Å². The number of methoxy groups -OCH3 is 2. The minimum absolute atomic E-state index is 0.437. The molecule has 0 saturated carbocycles. The van der Waals surface area contributed by atoms with Gasteiger partial charge in [-0.05, 0) is 30.7 Å². The Morgan fingerprint density at radius 1 is 1.10 bits per heavy atom. The third kappa shape index (κ3) is 1.97. The first-order valence-corrected chi connectivity index (χ1v) is 6.17. The first kappa shape index (κ1) is 12.5. The monoisotopic (exact) mass is 270 g/mol. The van der Waals surface area contributed by atoms with E-state index in [2.05, 4.69) is 9.97 Å². The number of rotatable bonds is 3. The number of fused-ring (bicyclic) bond motifs is 1. The van der Waals surface area contributed by atoms with E-state index >= 15 is 0 Å². The molecule has 0 saturated heterocycles. The first-order chi connectivity index (χ1) is 9.72. The van der Waals surface area contributed by atoms with Crippen molar-refractivity contribution < 1.29 is 13.9 Å². The fraction of sp³-hybridized carbons (Fsp3) is 0.200. The van der Waals surface area contributed by atoms with E-state index in [4.69, 9.17) is 13.9 Å². The van der Waals surface area contributed by atoms with Gasteiger partial charge in [-0.1, -0.05) is 6.07 Å². The van der Waals surface area contributed by atoms with E-state index in [1.165, 1.54) is 0 Å². The van der Waals surface area contributed by atoms with Crippen LogP contribution in [-0.2, 0) is 0 Å². The van der Waals surface area contributed by atoms with Crippen molar-refractivity contribution in [1.29, 1.82) is 0 Å². The van der Waals surface area contributed by atoms with Crippen LogP contribution in [-0.4, -0.2) is 24.2 Å². The number of oxazole rings is 1. The van der Waals surface area contributed by atoms with E-state index in [1.807, 2.05) is 31.2 Å². The zero-order chi connectivity index (χ0) is 14.1. The van der Waals surface area contributed by atoms with Crippen LogP contribution in [0.4, 0.5) is 0 Å². The Kier molecular flexibility index (Phi) is 3.02. The van der Waals surface area contributed by atoms with Crippen molar-refractivity contribution in [3.8, 4) is 23.0 Å². The summed E-state index contributed by atoms with van der Waals surface area (Å²) in [5.74, 6) is 1.73. The molecule has 102 valence electrons. The zero-order valence-electron chi connectivity index (χ0n) is 11.5. The van der Waals surface area contributed by atoms with Crippen molar-refractivity contribution >= 4 is 11.2 Å². The first-order valence-electron chi connectivity index (χ1n) is 6.17. The van der Waals surface area contributed by atoms with Gasteiger partial charge in [-0.3, -0.25) is 0 Å². The smallest absolute Gasteiger partial charge is 0.247 e.